The van der Waals surface area contributed by atoms with Crippen molar-refractivity contribution in [1.82, 2.24) is 21.3 Å². The van der Waals surface area contributed by atoms with Gasteiger partial charge in [0.1, 0.15) is 24.7 Å². The molecule has 17 nitrogen and oxygen atoms in total. The number of carbonyl (C=O) groups is 6. The number of primary amides is 2. The quantitative estimate of drug-likeness (QED) is 0.0787. The lowest BCUT2D eigenvalue weighted by molar-refractivity contribution is -0.139. The summed E-state index contributed by atoms with van der Waals surface area (Å²) in [7, 11) is 0. The third kappa shape index (κ3) is 14.4. The molecule has 11 N–H and O–H groups in total. The van der Waals surface area contributed by atoms with E-state index in [0.717, 1.165) is 0 Å². The third-order valence-corrected chi connectivity index (χ3v) is 4.09. The summed E-state index contributed by atoms with van der Waals surface area (Å²) in [5.41, 5.74) is 9.98. The smallest absolute Gasteiger partial charge is 0.316 e. The van der Waals surface area contributed by atoms with E-state index in [9.17, 15) is 33.9 Å². The second-order valence-corrected chi connectivity index (χ2v) is 7.05. The van der Waals surface area contributed by atoms with Crippen molar-refractivity contribution in [2.24, 2.45) is 11.5 Å². The number of rotatable bonds is 18. The molecule has 17 heteroatoms. The molecule has 0 aromatic rings. The van der Waals surface area contributed by atoms with Gasteiger partial charge in [-0.25, -0.2) is 4.79 Å². The van der Waals surface area contributed by atoms with Gasteiger partial charge in [0.25, 0.3) is 0 Å². The highest BCUT2D eigenvalue weighted by atomic mass is 16.5. The molecular weight excluding hydrogens is 476 g/mol. The number of aliphatic hydroxyl groups is 2. The van der Waals surface area contributed by atoms with Crippen molar-refractivity contribution in [3.8, 4) is 0 Å². The van der Waals surface area contributed by atoms with Crippen LogP contribution in [0.1, 0.15) is 13.3 Å². The van der Waals surface area contributed by atoms with Crippen LogP contribution in [-0.4, -0.2) is 115 Å². The van der Waals surface area contributed by atoms with E-state index in [4.69, 9.17) is 31.2 Å². The van der Waals surface area contributed by atoms with Crippen LogP contribution in [0.25, 0.3) is 0 Å². The maximum absolute atomic E-state index is 12.2. The SMILES string of the molecule is CC(O)[C@H](NC(=O)N[C@H](CC(=O)O)C(N)=O)C(=O)NCCOCCOCC(=O)N[C@@H](CO)C(N)=O. The summed E-state index contributed by atoms with van der Waals surface area (Å²) in [6.45, 7) is 0.200. The van der Waals surface area contributed by atoms with Gasteiger partial charge in [-0.3, -0.25) is 24.0 Å². The van der Waals surface area contributed by atoms with E-state index in [0.29, 0.717) is 0 Å². The van der Waals surface area contributed by atoms with Crippen LogP contribution in [0.3, 0.4) is 0 Å². The number of carboxylic acids is 1. The van der Waals surface area contributed by atoms with E-state index in [-0.39, 0.29) is 26.4 Å². The predicted octanol–water partition coefficient (Wildman–Crippen LogP) is -5.52. The average Bonchev–Trinajstić information content (AvgIpc) is 2.76. The number of nitrogens with two attached hydrogens (primary N) is 2. The van der Waals surface area contributed by atoms with E-state index in [1.165, 1.54) is 6.92 Å². The molecule has 0 spiro atoms. The zero-order valence-corrected chi connectivity index (χ0v) is 19.0. The number of carbonyl (C=O) groups excluding carboxylic acids is 5. The van der Waals surface area contributed by atoms with Crippen LogP contribution >= 0.6 is 0 Å². The molecule has 200 valence electrons. The Bertz CT molecular complexity index is 748. The maximum Gasteiger partial charge on any atom is 0.316 e. The Morgan fingerprint density at radius 1 is 0.886 bits per heavy atom. The van der Waals surface area contributed by atoms with Gasteiger partial charge in [0.15, 0.2) is 0 Å². The first-order chi connectivity index (χ1) is 16.4. The van der Waals surface area contributed by atoms with Crippen molar-refractivity contribution in [2.45, 2.75) is 37.6 Å². The molecule has 0 rings (SSSR count). The van der Waals surface area contributed by atoms with Crippen molar-refractivity contribution in [3.63, 3.8) is 0 Å². The number of aliphatic hydroxyl groups excluding tert-OH is 2. The van der Waals surface area contributed by atoms with Gasteiger partial charge in [-0.2, -0.15) is 0 Å². The van der Waals surface area contributed by atoms with Gasteiger partial charge in [-0.05, 0) is 6.92 Å². The Morgan fingerprint density at radius 2 is 1.49 bits per heavy atom. The summed E-state index contributed by atoms with van der Waals surface area (Å²) in [6, 6.07) is -5.26. The first-order valence-corrected chi connectivity index (χ1v) is 10.3. The lowest BCUT2D eigenvalue weighted by atomic mass is 10.1. The first kappa shape index (κ1) is 31.5. The number of carboxylic acid groups (broad SMARTS) is 1. The number of ether oxygens (including phenoxy) is 2. The lowest BCUT2D eigenvalue weighted by Gasteiger charge is -2.22. The van der Waals surface area contributed by atoms with Crippen molar-refractivity contribution in [3.05, 3.63) is 0 Å². The molecule has 1 unspecified atom stereocenters. The van der Waals surface area contributed by atoms with Gasteiger partial charge in [-0.15, -0.1) is 0 Å². The molecule has 0 aromatic carbocycles. The summed E-state index contributed by atoms with van der Waals surface area (Å²) in [5, 5.41) is 36.1. The molecule has 0 saturated heterocycles. The van der Waals surface area contributed by atoms with E-state index >= 15 is 0 Å². The van der Waals surface area contributed by atoms with E-state index in [1.807, 2.05) is 5.32 Å². The fourth-order valence-corrected chi connectivity index (χ4v) is 2.33. The fourth-order valence-electron chi connectivity index (χ4n) is 2.33. The third-order valence-electron chi connectivity index (χ3n) is 4.09. The summed E-state index contributed by atoms with van der Waals surface area (Å²) < 4.78 is 10.2. The van der Waals surface area contributed by atoms with Gasteiger partial charge < -0.3 is 57.5 Å². The molecule has 0 saturated carbocycles. The van der Waals surface area contributed by atoms with Crippen LogP contribution in [0.4, 0.5) is 4.79 Å². The molecule has 0 radical (unpaired) electrons. The normalized spacial score (nSPS) is 14.0. The minimum Gasteiger partial charge on any atom is -0.481 e. The zero-order valence-electron chi connectivity index (χ0n) is 19.0. The molecule has 0 heterocycles. The molecule has 0 aliphatic rings. The van der Waals surface area contributed by atoms with Gasteiger partial charge in [-0.1, -0.05) is 0 Å². The highest BCUT2D eigenvalue weighted by molar-refractivity contribution is 5.91. The van der Waals surface area contributed by atoms with Crippen molar-refractivity contribution in [2.75, 3.05) is 39.6 Å². The number of hydrogen-bond donors (Lipinski definition) is 9. The second kappa shape index (κ2) is 17.0. The molecule has 6 amide bonds. The highest BCUT2D eigenvalue weighted by Crippen LogP contribution is 1.96. The number of hydrogen-bond acceptors (Lipinski definition) is 10. The molecule has 0 bridgehead atoms. The van der Waals surface area contributed by atoms with E-state index in [1.54, 1.807) is 0 Å². The van der Waals surface area contributed by atoms with Crippen LogP contribution in [0.5, 0.6) is 0 Å². The molecular formula is C18H32N6O11. The topological polar surface area (TPSA) is 282 Å². The highest BCUT2D eigenvalue weighted by Gasteiger charge is 2.28. The zero-order chi connectivity index (χ0) is 27.0. The molecule has 0 aliphatic heterocycles. The van der Waals surface area contributed by atoms with Crippen molar-refractivity contribution < 1.29 is 53.6 Å². The Labute approximate surface area is 199 Å². The number of amides is 6. The van der Waals surface area contributed by atoms with Crippen molar-refractivity contribution in [1.29, 1.82) is 0 Å². The Hall–Kier alpha value is -3.54. The minimum absolute atomic E-state index is 0.00285. The number of aliphatic carboxylic acids is 1. The Balaban J connectivity index is 4.25. The van der Waals surface area contributed by atoms with E-state index < -0.39 is 79.5 Å². The lowest BCUT2D eigenvalue weighted by Crippen LogP contribution is -2.58. The molecule has 35 heavy (non-hydrogen) atoms. The largest absolute Gasteiger partial charge is 0.481 e. The second-order valence-electron chi connectivity index (χ2n) is 7.05. The van der Waals surface area contributed by atoms with Crippen LogP contribution < -0.4 is 32.7 Å². The summed E-state index contributed by atoms with van der Waals surface area (Å²) >= 11 is 0. The first-order valence-electron chi connectivity index (χ1n) is 10.3. The predicted molar refractivity (Wildman–Crippen MR) is 115 cm³/mol. The minimum atomic E-state index is -1.52. The van der Waals surface area contributed by atoms with Crippen LogP contribution in [0.2, 0.25) is 0 Å². The Kier molecular flexibility index (Phi) is 15.3. The molecule has 0 aromatic heterocycles. The van der Waals surface area contributed by atoms with E-state index in [2.05, 4.69) is 16.0 Å². The van der Waals surface area contributed by atoms with Crippen LogP contribution in [-0.2, 0) is 33.4 Å². The average molecular weight is 508 g/mol. The van der Waals surface area contributed by atoms with Crippen molar-refractivity contribution >= 4 is 35.6 Å². The summed E-state index contributed by atoms with van der Waals surface area (Å²) in [4.78, 5) is 68.6. The van der Waals surface area contributed by atoms with Gasteiger partial charge in [0.05, 0.1) is 39.0 Å². The summed E-state index contributed by atoms with van der Waals surface area (Å²) in [6.07, 6.45) is -2.11. The molecule has 4 atom stereocenters. The fraction of sp³-hybridized carbons (Fsp3) is 0.667. The Morgan fingerprint density at radius 3 is 2.00 bits per heavy atom. The standard InChI is InChI=1S/C18H32N6O11/c1-9(26)14(24-18(33)23-10(15(19)30)6-13(28)29)17(32)21-2-3-34-4-5-35-8-12(27)22-11(7-25)16(20)31/h9-11,14,25-26H,2-8H2,1H3,(H2,19,30)(H2,20,31)(H,21,32)(H,22,27)(H,28,29)(H2,23,24,33)/t9?,10-,11+,14+/m1/s1. The van der Waals surface area contributed by atoms with Crippen LogP contribution in [0.15, 0.2) is 0 Å². The van der Waals surface area contributed by atoms with Crippen LogP contribution in [0, 0.1) is 0 Å². The monoisotopic (exact) mass is 508 g/mol. The van der Waals surface area contributed by atoms with Gasteiger partial charge in [0, 0.05) is 6.54 Å². The maximum atomic E-state index is 12.2. The van der Waals surface area contributed by atoms with Gasteiger partial charge in [0.2, 0.25) is 23.6 Å². The summed E-state index contributed by atoms with van der Waals surface area (Å²) in [5.74, 6) is -4.82. The molecule has 0 aliphatic carbocycles. The molecule has 0 fully saturated rings. The number of urea groups is 1. The van der Waals surface area contributed by atoms with Gasteiger partial charge >= 0.3 is 12.0 Å². The number of nitrogens with one attached hydrogen (secondary N) is 4.